The largest absolute Gasteiger partial charge is 0.493 e. The summed E-state index contributed by atoms with van der Waals surface area (Å²) in [7, 11) is 0. The highest BCUT2D eigenvalue weighted by Crippen LogP contribution is 2.31. The van der Waals surface area contributed by atoms with E-state index < -0.39 is 0 Å². The second-order valence-electron chi connectivity index (χ2n) is 7.43. The lowest BCUT2D eigenvalue weighted by molar-refractivity contribution is 0.0522. The molecule has 0 unspecified atom stereocenters. The van der Waals surface area contributed by atoms with Gasteiger partial charge in [0, 0.05) is 11.9 Å². The first-order chi connectivity index (χ1) is 14.5. The molecule has 6 nitrogen and oxygen atoms in total. The van der Waals surface area contributed by atoms with Crippen LogP contribution in [0.5, 0.6) is 5.75 Å². The van der Waals surface area contributed by atoms with Gasteiger partial charge in [-0.3, -0.25) is 0 Å². The molecule has 3 aromatic rings. The first kappa shape index (κ1) is 21.6. The van der Waals surface area contributed by atoms with Crippen LogP contribution in [0.4, 0.5) is 5.82 Å². The van der Waals surface area contributed by atoms with E-state index in [1.807, 2.05) is 31.2 Å². The molecular formula is C24H29N3O3. The molecule has 0 spiro atoms. The molecule has 1 aromatic heterocycles. The van der Waals surface area contributed by atoms with Crippen molar-refractivity contribution in [1.29, 1.82) is 0 Å². The Bertz CT molecular complexity index is 1020. The van der Waals surface area contributed by atoms with E-state index in [1.54, 1.807) is 19.3 Å². The third-order valence-electron chi connectivity index (χ3n) is 4.76. The minimum atomic E-state index is -0.379. The van der Waals surface area contributed by atoms with Gasteiger partial charge in [0.1, 0.15) is 23.5 Å². The second-order valence-corrected chi connectivity index (χ2v) is 7.43. The monoisotopic (exact) mass is 407 g/mol. The fourth-order valence-electron chi connectivity index (χ4n) is 3.21. The zero-order chi connectivity index (χ0) is 21.5. The molecule has 158 valence electrons. The number of rotatable bonds is 9. The minimum absolute atomic E-state index is 0.323. The van der Waals surface area contributed by atoms with E-state index in [2.05, 4.69) is 35.2 Å². The lowest BCUT2D eigenvalue weighted by Gasteiger charge is -2.13. The number of esters is 1. The van der Waals surface area contributed by atoms with Gasteiger partial charge in [0.2, 0.25) is 0 Å². The zero-order valence-corrected chi connectivity index (χ0v) is 18.1. The molecule has 0 radical (unpaired) electrons. The van der Waals surface area contributed by atoms with Gasteiger partial charge in [-0.2, -0.15) is 0 Å². The van der Waals surface area contributed by atoms with E-state index in [-0.39, 0.29) is 5.97 Å². The van der Waals surface area contributed by atoms with Gasteiger partial charge in [0.05, 0.1) is 18.7 Å². The van der Waals surface area contributed by atoms with Gasteiger partial charge >= 0.3 is 5.97 Å². The Morgan fingerprint density at radius 3 is 2.53 bits per heavy atom. The standard InChI is InChI=1S/C24H29N3O3/c1-5-29-22-14-18(7-9-19(22)24(28)30-6-2)17-8-10-21-20(13-17)23(27-15-26-21)25-12-11-16(3)4/h7-10,13-16H,5-6,11-12H2,1-4H3,(H,25,26,27). The molecule has 0 amide bonds. The fraction of sp³-hybridized carbons (Fsp3) is 0.375. The van der Waals surface area contributed by atoms with Gasteiger partial charge in [-0.15, -0.1) is 0 Å². The van der Waals surface area contributed by atoms with E-state index >= 15 is 0 Å². The molecule has 1 heterocycles. The van der Waals surface area contributed by atoms with Crippen LogP contribution in [0.15, 0.2) is 42.7 Å². The van der Waals surface area contributed by atoms with Gasteiger partial charge in [-0.25, -0.2) is 14.8 Å². The maximum atomic E-state index is 12.2. The van der Waals surface area contributed by atoms with E-state index in [1.165, 1.54) is 0 Å². The fourth-order valence-corrected chi connectivity index (χ4v) is 3.21. The predicted octanol–water partition coefficient (Wildman–Crippen LogP) is 5.33. The number of nitrogens with zero attached hydrogens (tertiary/aromatic N) is 2. The molecule has 0 fully saturated rings. The highest BCUT2D eigenvalue weighted by molar-refractivity contribution is 5.95. The summed E-state index contributed by atoms with van der Waals surface area (Å²) in [6, 6.07) is 11.6. The Kier molecular flexibility index (Phi) is 7.22. The molecule has 0 saturated heterocycles. The number of benzene rings is 2. The normalized spacial score (nSPS) is 11.0. The first-order valence-electron chi connectivity index (χ1n) is 10.5. The molecule has 6 heteroatoms. The molecule has 3 rings (SSSR count). The average molecular weight is 408 g/mol. The summed E-state index contributed by atoms with van der Waals surface area (Å²) >= 11 is 0. The van der Waals surface area contributed by atoms with Crippen molar-refractivity contribution in [2.24, 2.45) is 5.92 Å². The number of hydrogen-bond acceptors (Lipinski definition) is 6. The highest BCUT2D eigenvalue weighted by Gasteiger charge is 2.15. The number of nitrogens with one attached hydrogen (secondary N) is 1. The van der Waals surface area contributed by atoms with Crippen LogP contribution in [-0.4, -0.2) is 35.7 Å². The third-order valence-corrected chi connectivity index (χ3v) is 4.76. The number of hydrogen-bond donors (Lipinski definition) is 1. The Morgan fingerprint density at radius 2 is 1.80 bits per heavy atom. The molecule has 30 heavy (non-hydrogen) atoms. The number of carbonyl (C=O) groups excluding carboxylic acids is 1. The highest BCUT2D eigenvalue weighted by atomic mass is 16.5. The van der Waals surface area contributed by atoms with Crippen LogP contribution < -0.4 is 10.1 Å². The summed E-state index contributed by atoms with van der Waals surface area (Å²) in [6.45, 7) is 9.73. The summed E-state index contributed by atoms with van der Waals surface area (Å²) < 4.78 is 10.9. The number of ether oxygens (including phenoxy) is 2. The Hall–Kier alpha value is -3.15. The summed E-state index contributed by atoms with van der Waals surface area (Å²) in [5, 5.41) is 4.39. The molecule has 0 aliphatic rings. The van der Waals surface area contributed by atoms with Gasteiger partial charge < -0.3 is 14.8 Å². The van der Waals surface area contributed by atoms with Crippen LogP contribution in [-0.2, 0) is 4.74 Å². The third kappa shape index (κ3) is 5.06. The SMILES string of the molecule is CCOC(=O)c1ccc(-c2ccc3ncnc(NCCC(C)C)c3c2)cc1OCC. The molecule has 2 aromatic carbocycles. The van der Waals surface area contributed by atoms with E-state index in [0.29, 0.717) is 30.4 Å². The smallest absolute Gasteiger partial charge is 0.341 e. The van der Waals surface area contributed by atoms with E-state index in [4.69, 9.17) is 9.47 Å². The van der Waals surface area contributed by atoms with Crippen LogP contribution in [0, 0.1) is 5.92 Å². The summed E-state index contributed by atoms with van der Waals surface area (Å²) in [5.74, 6) is 1.59. The molecule has 0 atom stereocenters. The zero-order valence-electron chi connectivity index (χ0n) is 18.1. The van der Waals surface area contributed by atoms with E-state index in [0.717, 1.165) is 40.8 Å². The first-order valence-corrected chi connectivity index (χ1v) is 10.5. The van der Waals surface area contributed by atoms with Crippen LogP contribution >= 0.6 is 0 Å². The molecule has 0 bridgehead atoms. The molecule has 0 saturated carbocycles. The van der Waals surface area contributed by atoms with Crippen molar-refractivity contribution in [3.8, 4) is 16.9 Å². The van der Waals surface area contributed by atoms with Gasteiger partial charge in [0.25, 0.3) is 0 Å². The molecule has 1 N–H and O–H groups in total. The van der Waals surface area contributed by atoms with Crippen molar-refractivity contribution in [2.45, 2.75) is 34.1 Å². The van der Waals surface area contributed by atoms with Crippen molar-refractivity contribution in [3.63, 3.8) is 0 Å². The topological polar surface area (TPSA) is 73.3 Å². The van der Waals surface area contributed by atoms with Crippen molar-refractivity contribution in [1.82, 2.24) is 9.97 Å². The Balaban J connectivity index is 1.97. The van der Waals surface area contributed by atoms with Crippen molar-refractivity contribution in [3.05, 3.63) is 48.3 Å². The van der Waals surface area contributed by atoms with Crippen LogP contribution in [0.1, 0.15) is 44.5 Å². The number of fused-ring (bicyclic) bond motifs is 1. The molecule has 0 aliphatic carbocycles. The average Bonchev–Trinajstić information content (AvgIpc) is 2.73. The Labute approximate surface area is 177 Å². The van der Waals surface area contributed by atoms with Crippen molar-refractivity contribution in [2.75, 3.05) is 25.1 Å². The molecular weight excluding hydrogens is 378 g/mol. The lowest BCUT2D eigenvalue weighted by Crippen LogP contribution is -2.08. The van der Waals surface area contributed by atoms with Crippen LogP contribution in [0.3, 0.4) is 0 Å². The number of aromatic nitrogens is 2. The molecule has 0 aliphatic heterocycles. The quantitative estimate of drug-likeness (QED) is 0.483. The van der Waals surface area contributed by atoms with Crippen molar-refractivity contribution >= 4 is 22.7 Å². The maximum Gasteiger partial charge on any atom is 0.341 e. The van der Waals surface area contributed by atoms with E-state index in [9.17, 15) is 4.79 Å². The number of anilines is 1. The summed E-state index contributed by atoms with van der Waals surface area (Å²) in [5.41, 5.74) is 3.27. The van der Waals surface area contributed by atoms with Crippen LogP contribution in [0.25, 0.3) is 22.0 Å². The second kappa shape index (κ2) is 10.1. The van der Waals surface area contributed by atoms with Gasteiger partial charge in [-0.1, -0.05) is 26.0 Å². The van der Waals surface area contributed by atoms with Gasteiger partial charge in [-0.05, 0) is 61.6 Å². The predicted molar refractivity (Wildman–Crippen MR) is 120 cm³/mol. The maximum absolute atomic E-state index is 12.2. The lowest BCUT2D eigenvalue weighted by atomic mass is 10.0. The van der Waals surface area contributed by atoms with Crippen molar-refractivity contribution < 1.29 is 14.3 Å². The minimum Gasteiger partial charge on any atom is -0.493 e. The van der Waals surface area contributed by atoms with Gasteiger partial charge in [0.15, 0.2) is 0 Å². The summed E-state index contributed by atoms with van der Waals surface area (Å²) in [6.07, 6.45) is 2.65. The number of carbonyl (C=O) groups is 1. The summed E-state index contributed by atoms with van der Waals surface area (Å²) in [4.78, 5) is 21.1. The van der Waals surface area contributed by atoms with Crippen LogP contribution in [0.2, 0.25) is 0 Å². The Morgan fingerprint density at radius 1 is 1.03 bits per heavy atom.